The third-order valence-corrected chi connectivity index (χ3v) is 5.75. The van der Waals surface area contributed by atoms with Crippen LogP contribution in [0.25, 0.3) is 4.91 Å². The molecule has 26 heavy (non-hydrogen) atoms. The minimum atomic E-state index is -0.527. The first-order valence-corrected chi connectivity index (χ1v) is 9.27. The number of benzene rings is 1. The molecule has 0 bridgehead atoms. The van der Waals surface area contributed by atoms with Gasteiger partial charge in [0.15, 0.2) is 0 Å². The van der Waals surface area contributed by atoms with Crippen molar-refractivity contribution in [3.8, 4) is 0 Å². The van der Waals surface area contributed by atoms with Crippen molar-refractivity contribution in [2.75, 3.05) is 33.0 Å². The van der Waals surface area contributed by atoms with E-state index in [0.717, 1.165) is 36.4 Å². The van der Waals surface area contributed by atoms with Crippen molar-refractivity contribution in [1.29, 1.82) is 0 Å². The van der Waals surface area contributed by atoms with Crippen molar-refractivity contribution in [2.45, 2.75) is 18.9 Å². The number of methoxy groups -OCH3 is 2. The molecule has 7 heteroatoms. The summed E-state index contributed by atoms with van der Waals surface area (Å²) in [7, 11) is 2.64. The third-order valence-electron chi connectivity index (χ3n) is 4.57. The lowest BCUT2D eigenvalue weighted by Crippen LogP contribution is -2.38. The van der Waals surface area contributed by atoms with E-state index in [1.54, 1.807) is 0 Å². The maximum Gasteiger partial charge on any atom is 0.345 e. The van der Waals surface area contributed by atoms with Crippen LogP contribution in [0, 0.1) is 0 Å². The maximum absolute atomic E-state index is 12.5. The van der Waals surface area contributed by atoms with Gasteiger partial charge in [-0.05, 0) is 49.7 Å². The van der Waals surface area contributed by atoms with Gasteiger partial charge >= 0.3 is 11.9 Å². The zero-order valence-electron chi connectivity index (χ0n) is 14.9. The predicted molar refractivity (Wildman–Crippen MR) is 102 cm³/mol. The quantitative estimate of drug-likeness (QED) is 0.640. The number of nitrogens with zero attached hydrogens (tertiary/aromatic N) is 1. The van der Waals surface area contributed by atoms with Crippen LogP contribution in [-0.4, -0.2) is 50.2 Å². The monoisotopic (exact) mass is 374 g/mol. The molecule has 138 valence electrons. The topological polar surface area (TPSA) is 81.9 Å². The van der Waals surface area contributed by atoms with Crippen LogP contribution in [0.1, 0.15) is 18.4 Å². The van der Waals surface area contributed by atoms with Gasteiger partial charge in [-0.1, -0.05) is 23.9 Å². The first-order chi connectivity index (χ1) is 12.5. The molecule has 0 aliphatic carbocycles. The van der Waals surface area contributed by atoms with Crippen LogP contribution in [0.5, 0.6) is 0 Å². The molecule has 1 fully saturated rings. The number of nitrogens with two attached hydrogens (primary N) is 1. The second kappa shape index (κ2) is 7.97. The number of likely N-dealkylation sites (tertiary alicyclic amines) is 1. The molecule has 6 nitrogen and oxygen atoms in total. The van der Waals surface area contributed by atoms with Crippen molar-refractivity contribution in [3.05, 3.63) is 46.4 Å². The molecular weight excluding hydrogens is 352 g/mol. The Kier molecular flexibility index (Phi) is 5.68. The molecule has 2 aliphatic rings. The fourth-order valence-electron chi connectivity index (χ4n) is 3.24. The minimum Gasteiger partial charge on any atom is -0.466 e. The van der Waals surface area contributed by atoms with Crippen molar-refractivity contribution in [1.82, 2.24) is 4.90 Å². The molecular formula is C19H22N2O4S. The van der Waals surface area contributed by atoms with E-state index in [1.165, 1.54) is 26.0 Å². The van der Waals surface area contributed by atoms with E-state index in [0.29, 0.717) is 11.3 Å². The number of carbonyl (C=O) groups is 2. The van der Waals surface area contributed by atoms with E-state index in [9.17, 15) is 9.59 Å². The summed E-state index contributed by atoms with van der Waals surface area (Å²) >= 11 is 1.24. The minimum absolute atomic E-state index is 0.283. The standard InChI is InChI=1S/C19H22N2O4S/c1-24-18(22)16-14(21-9-3-4-10-21)11-15(26-17(16)19(23)25-2)12-5-7-13(20)8-6-12/h5-8,11,14H,3-4,9-10,20H2,1-2H3. The SMILES string of the molecule is COC(=O)C1=C(C(=O)OC)C(N2CCCC2)C=C(c2ccc(N)cc2)S1. The largest absolute Gasteiger partial charge is 0.466 e. The fraction of sp³-hybridized carbons (Fsp3) is 0.368. The molecule has 0 aromatic heterocycles. The number of carbonyl (C=O) groups excluding carboxylic acids is 2. The number of thioether (sulfide) groups is 1. The first-order valence-electron chi connectivity index (χ1n) is 8.45. The highest BCUT2D eigenvalue weighted by Gasteiger charge is 2.37. The maximum atomic E-state index is 12.5. The molecule has 1 saturated heterocycles. The van der Waals surface area contributed by atoms with Gasteiger partial charge in [0.2, 0.25) is 0 Å². The molecule has 2 N–H and O–H groups in total. The molecule has 1 atom stereocenters. The summed E-state index contributed by atoms with van der Waals surface area (Å²) in [6.07, 6.45) is 4.16. The van der Waals surface area contributed by atoms with E-state index >= 15 is 0 Å². The number of rotatable bonds is 4. The summed E-state index contributed by atoms with van der Waals surface area (Å²) in [5, 5.41) is 0. The Bertz CT molecular complexity index is 764. The van der Waals surface area contributed by atoms with Gasteiger partial charge < -0.3 is 15.2 Å². The number of esters is 2. The second-order valence-corrected chi connectivity index (χ2v) is 7.22. The predicted octanol–water partition coefficient (Wildman–Crippen LogP) is 2.42. The fourth-order valence-corrected chi connectivity index (χ4v) is 4.39. The molecule has 1 aromatic rings. The molecule has 1 unspecified atom stereocenters. The lowest BCUT2D eigenvalue weighted by Gasteiger charge is -2.31. The van der Waals surface area contributed by atoms with Gasteiger partial charge in [-0.3, -0.25) is 4.90 Å². The number of nitrogen functional groups attached to an aromatic ring is 1. The van der Waals surface area contributed by atoms with Crippen LogP contribution in [0.15, 0.2) is 40.8 Å². The van der Waals surface area contributed by atoms with Gasteiger partial charge in [-0.2, -0.15) is 0 Å². The Morgan fingerprint density at radius 3 is 2.27 bits per heavy atom. The van der Waals surface area contributed by atoms with Crippen LogP contribution in [0.2, 0.25) is 0 Å². The Balaban J connectivity index is 2.08. The van der Waals surface area contributed by atoms with Gasteiger partial charge in [0, 0.05) is 10.6 Å². The Hall–Kier alpha value is -2.25. The zero-order valence-corrected chi connectivity index (χ0v) is 15.7. The number of anilines is 1. The van der Waals surface area contributed by atoms with Crippen LogP contribution in [-0.2, 0) is 19.1 Å². The Morgan fingerprint density at radius 2 is 1.69 bits per heavy atom. The smallest absolute Gasteiger partial charge is 0.345 e. The number of hydrogen-bond acceptors (Lipinski definition) is 7. The molecule has 0 amide bonds. The normalized spacial score (nSPS) is 20.7. The summed E-state index contributed by atoms with van der Waals surface area (Å²) in [6, 6.07) is 7.14. The average molecular weight is 374 g/mol. The summed E-state index contributed by atoms with van der Waals surface area (Å²) in [4.78, 5) is 28.3. The molecule has 3 rings (SSSR count). The summed E-state index contributed by atoms with van der Waals surface area (Å²) in [6.45, 7) is 1.74. The van der Waals surface area contributed by atoms with E-state index in [4.69, 9.17) is 15.2 Å². The van der Waals surface area contributed by atoms with Crippen LogP contribution >= 0.6 is 11.8 Å². The Morgan fingerprint density at radius 1 is 1.08 bits per heavy atom. The van der Waals surface area contributed by atoms with Gasteiger partial charge in [0.05, 0.1) is 25.8 Å². The highest BCUT2D eigenvalue weighted by atomic mass is 32.2. The van der Waals surface area contributed by atoms with Crippen LogP contribution in [0.4, 0.5) is 5.69 Å². The molecule has 0 saturated carbocycles. The van der Waals surface area contributed by atoms with Gasteiger partial charge in [0.1, 0.15) is 4.91 Å². The van der Waals surface area contributed by atoms with E-state index < -0.39 is 11.9 Å². The van der Waals surface area contributed by atoms with Crippen LogP contribution in [0.3, 0.4) is 0 Å². The molecule has 2 heterocycles. The van der Waals surface area contributed by atoms with Crippen molar-refractivity contribution < 1.29 is 19.1 Å². The van der Waals surface area contributed by atoms with E-state index in [-0.39, 0.29) is 10.9 Å². The Labute approximate surface area is 157 Å². The van der Waals surface area contributed by atoms with E-state index in [1.807, 2.05) is 30.3 Å². The highest BCUT2D eigenvalue weighted by Crippen LogP contribution is 2.43. The summed E-state index contributed by atoms with van der Waals surface area (Å²) < 4.78 is 9.91. The van der Waals surface area contributed by atoms with Gasteiger partial charge in [0.25, 0.3) is 0 Å². The second-order valence-electron chi connectivity index (χ2n) is 6.17. The van der Waals surface area contributed by atoms with Crippen LogP contribution < -0.4 is 5.73 Å². The number of ether oxygens (including phenoxy) is 2. The summed E-state index contributed by atoms with van der Waals surface area (Å²) in [5.74, 6) is -1.02. The van der Waals surface area contributed by atoms with E-state index in [2.05, 4.69) is 4.90 Å². The average Bonchev–Trinajstić information content (AvgIpc) is 3.21. The molecule has 1 aromatic carbocycles. The number of hydrogen-bond donors (Lipinski definition) is 1. The summed E-state index contributed by atoms with van der Waals surface area (Å²) in [5.41, 5.74) is 7.75. The van der Waals surface area contributed by atoms with Crippen molar-refractivity contribution in [2.24, 2.45) is 0 Å². The zero-order chi connectivity index (χ0) is 18.7. The molecule has 0 spiro atoms. The van der Waals surface area contributed by atoms with Crippen molar-refractivity contribution in [3.63, 3.8) is 0 Å². The lowest BCUT2D eigenvalue weighted by atomic mass is 10.0. The molecule has 0 radical (unpaired) electrons. The van der Waals surface area contributed by atoms with Crippen molar-refractivity contribution >= 4 is 34.3 Å². The van der Waals surface area contributed by atoms with Gasteiger partial charge in [-0.25, -0.2) is 9.59 Å². The molecule has 2 aliphatic heterocycles. The van der Waals surface area contributed by atoms with Gasteiger partial charge in [-0.15, -0.1) is 0 Å². The lowest BCUT2D eigenvalue weighted by molar-refractivity contribution is -0.139. The highest BCUT2D eigenvalue weighted by molar-refractivity contribution is 8.12. The first kappa shape index (κ1) is 18.5. The third kappa shape index (κ3) is 3.64.